The SMILES string of the molecule is O=C(O)CC(COc1ccccc1)N1CCN(S(=O)(=O)c2cccc3ccccc23)CC1. The predicted molar refractivity (Wildman–Crippen MR) is 122 cm³/mol. The lowest BCUT2D eigenvalue weighted by atomic mass is 10.1. The van der Waals surface area contributed by atoms with Gasteiger partial charge in [-0.1, -0.05) is 54.6 Å². The number of aliphatic carboxylic acids is 1. The zero-order valence-corrected chi connectivity index (χ0v) is 18.4. The Morgan fingerprint density at radius 3 is 2.28 bits per heavy atom. The van der Waals surface area contributed by atoms with Gasteiger partial charge in [0, 0.05) is 31.6 Å². The van der Waals surface area contributed by atoms with Crippen LogP contribution in [0.3, 0.4) is 0 Å². The first-order chi connectivity index (χ1) is 15.4. The number of hydrogen-bond donors (Lipinski definition) is 1. The van der Waals surface area contributed by atoms with Crippen LogP contribution in [0.4, 0.5) is 0 Å². The number of ether oxygens (including phenoxy) is 1. The van der Waals surface area contributed by atoms with Crippen LogP contribution in [0.25, 0.3) is 10.8 Å². The van der Waals surface area contributed by atoms with Crippen molar-refractivity contribution in [1.29, 1.82) is 0 Å². The van der Waals surface area contributed by atoms with E-state index in [9.17, 15) is 18.3 Å². The van der Waals surface area contributed by atoms with Crippen molar-refractivity contribution in [3.05, 3.63) is 72.8 Å². The lowest BCUT2D eigenvalue weighted by Crippen LogP contribution is -2.53. The number of rotatable bonds is 8. The molecule has 1 aliphatic heterocycles. The van der Waals surface area contributed by atoms with Gasteiger partial charge in [-0.15, -0.1) is 0 Å². The number of nitrogens with zero attached hydrogens (tertiary/aromatic N) is 2. The number of benzene rings is 3. The third kappa shape index (κ3) is 4.93. The fraction of sp³-hybridized carbons (Fsp3) is 0.292. The topological polar surface area (TPSA) is 87.2 Å². The summed E-state index contributed by atoms with van der Waals surface area (Å²) in [5, 5.41) is 10.9. The van der Waals surface area contributed by atoms with Crippen molar-refractivity contribution >= 4 is 26.8 Å². The minimum atomic E-state index is -3.66. The molecular weight excluding hydrogens is 428 g/mol. The van der Waals surface area contributed by atoms with Crippen molar-refractivity contribution in [2.24, 2.45) is 0 Å². The monoisotopic (exact) mass is 454 g/mol. The molecule has 1 fully saturated rings. The van der Waals surface area contributed by atoms with Gasteiger partial charge in [0.25, 0.3) is 0 Å². The highest BCUT2D eigenvalue weighted by Gasteiger charge is 2.32. The van der Waals surface area contributed by atoms with Crippen LogP contribution >= 0.6 is 0 Å². The molecule has 1 saturated heterocycles. The number of piperazine rings is 1. The summed E-state index contributed by atoms with van der Waals surface area (Å²) in [6.07, 6.45) is -0.0666. The summed E-state index contributed by atoms with van der Waals surface area (Å²) in [6, 6.07) is 21.7. The van der Waals surface area contributed by atoms with E-state index in [0.29, 0.717) is 42.2 Å². The number of hydrogen-bond acceptors (Lipinski definition) is 5. The van der Waals surface area contributed by atoms with E-state index in [1.165, 1.54) is 4.31 Å². The lowest BCUT2D eigenvalue weighted by molar-refractivity contribution is -0.139. The third-order valence-corrected chi connectivity index (χ3v) is 7.71. The second-order valence-electron chi connectivity index (χ2n) is 7.79. The number of carboxylic acid groups (broad SMARTS) is 1. The largest absolute Gasteiger partial charge is 0.492 e. The van der Waals surface area contributed by atoms with Gasteiger partial charge in [0.05, 0.1) is 17.4 Å². The number of carbonyl (C=O) groups is 1. The Labute approximate surface area is 187 Å². The van der Waals surface area contributed by atoms with E-state index in [0.717, 1.165) is 5.39 Å². The molecule has 1 heterocycles. The van der Waals surface area contributed by atoms with E-state index >= 15 is 0 Å². The van der Waals surface area contributed by atoms with E-state index in [-0.39, 0.29) is 19.1 Å². The second kappa shape index (κ2) is 9.68. The third-order valence-electron chi connectivity index (χ3n) is 5.75. The molecule has 1 unspecified atom stereocenters. The minimum Gasteiger partial charge on any atom is -0.492 e. The average Bonchev–Trinajstić information content (AvgIpc) is 2.82. The quantitative estimate of drug-likeness (QED) is 0.563. The van der Waals surface area contributed by atoms with Crippen LogP contribution in [0, 0.1) is 0 Å². The second-order valence-corrected chi connectivity index (χ2v) is 9.70. The number of fused-ring (bicyclic) bond motifs is 1. The van der Waals surface area contributed by atoms with Crippen LogP contribution in [0.5, 0.6) is 5.75 Å². The first-order valence-corrected chi connectivity index (χ1v) is 12.0. The molecular formula is C24H26N2O5S. The maximum absolute atomic E-state index is 13.4. The van der Waals surface area contributed by atoms with Gasteiger partial charge < -0.3 is 9.84 Å². The summed E-state index contributed by atoms with van der Waals surface area (Å²) < 4.78 is 34.0. The Morgan fingerprint density at radius 1 is 0.906 bits per heavy atom. The summed E-state index contributed by atoms with van der Waals surface area (Å²) in [7, 11) is -3.66. The van der Waals surface area contributed by atoms with Crippen LogP contribution in [-0.2, 0) is 14.8 Å². The van der Waals surface area contributed by atoms with Crippen LogP contribution in [0.1, 0.15) is 6.42 Å². The molecule has 8 heteroatoms. The molecule has 0 aromatic heterocycles. The molecule has 0 aliphatic carbocycles. The van der Waals surface area contributed by atoms with Gasteiger partial charge in [0.15, 0.2) is 0 Å². The van der Waals surface area contributed by atoms with E-state index in [2.05, 4.69) is 0 Å². The normalized spacial score (nSPS) is 16.6. The highest BCUT2D eigenvalue weighted by Crippen LogP contribution is 2.27. The molecule has 1 N–H and O–H groups in total. The standard InChI is InChI=1S/C24H26N2O5S/c27-24(28)17-20(18-31-21-9-2-1-3-10-21)25-13-15-26(16-14-25)32(29,30)23-12-6-8-19-7-4-5-11-22(19)23/h1-12,20H,13-18H2,(H,27,28). The molecule has 0 radical (unpaired) electrons. The zero-order valence-electron chi connectivity index (χ0n) is 17.6. The molecule has 7 nitrogen and oxygen atoms in total. The first kappa shape index (κ1) is 22.3. The zero-order chi connectivity index (χ0) is 22.6. The Kier molecular flexibility index (Phi) is 6.74. The molecule has 168 valence electrons. The summed E-state index contributed by atoms with van der Waals surface area (Å²) in [5.74, 6) is -0.225. The molecule has 3 aromatic carbocycles. The van der Waals surface area contributed by atoms with Crippen molar-refractivity contribution in [3.8, 4) is 5.75 Å². The Morgan fingerprint density at radius 2 is 1.56 bits per heavy atom. The molecule has 0 bridgehead atoms. The summed E-state index contributed by atoms with van der Waals surface area (Å²) in [4.78, 5) is 13.7. The van der Waals surface area contributed by atoms with Crippen molar-refractivity contribution in [1.82, 2.24) is 9.21 Å². The molecule has 4 rings (SSSR count). The van der Waals surface area contributed by atoms with Gasteiger partial charge >= 0.3 is 5.97 Å². The number of para-hydroxylation sites is 1. The van der Waals surface area contributed by atoms with Gasteiger partial charge in [-0.25, -0.2) is 8.42 Å². The maximum atomic E-state index is 13.4. The predicted octanol–water partition coefficient (Wildman–Crippen LogP) is 3.07. The molecule has 0 spiro atoms. The Bertz CT molecular complexity index is 1170. The highest BCUT2D eigenvalue weighted by atomic mass is 32.2. The lowest BCUT2D eigenvalue weighted by Gasteiger charge is -2.38. The van der Waals surface area contributed by atoms with Crippen molar-refractivity contribution in [2.45, 2.75) is 17.4 Å². The maximum Gasteiger partial charge on any atom is 0.305 e. The van der Waals surface area contributed by atoms with Gasteiger partial charge in [0.1, 0.15) is 12.4 Å². The van der Waals surface area contributed by atoms with Crippen LogP contribution in [0.2, 0.25) is 0 Å². The summed E-state index contributed by atoms with van der Waals surface area (Å²) in [5.41, 5.74) is 0. The van der Waals surface area contributed by atoms with E-state index < -0.39 is 16.0 Å². The summed E-state index contributed by atoms with van der Waals surface area (Å²) >= 11 is 0. The molecule has 0 saturated carbocycles. The van der Waals surface area contributed by atoms with Crippen molar-refractivity contribution in [2.75, 3.05) is 32.8 Å². The van der Waals surface area contributed by atoms with Crippen LogP contribution < -0.4 is 4.74 Å². The van der Waals surface area contributed by atoms with E-state index in [1.54, 1.807) is 12.1 Å². The number of carboxylic acids is 1. The first-order valence-electron chi connectivity index (χ1n) is 10.6. The summed E-state index contributed by atoms with van der Waals surface area (Å²) in [6.45, 7) is 1.71. The average molecular weight is 455 g/mol. The van der Waals surface area contributed by atoms with Gasteiger partial charge in [-0.2, -0.15) is 4.31 Å². The minimum absolute atomic E-state index is 0.0666. The van der Waals surface area contributed by atoms with Gasteiger partial charge in [0.2, 0.25) is 10.0 Å². The van der Waals surface area contributed by atoms with Crippen molar-refractivity contribution < 1.29 is 23.1 Å². The molecule has 32 heavy (non-hydrogen) atoms. The smallest absolute Gasteiger partial charge is 0.305 e. The molecule has 0 amide bonds. The van der Waals surface area contributed by atoms with Crippen LogP contribution in [-0.4, -0.2) is 67.5 Å². The number of sulfonamides is 1. The van der Waals surface area contributed by atoms with Crippen molar-refractivity contribution in [3.63, 3.8) is 0 Å². The molecule has 1 aliphatic rings. The Hall–Kier alpha value is -2.94. The molecule has 1 atom stereocenters. The molecule has 3 aromatic rings. The van der Waals surface area contributed by atoms with E-state index in [4.69, 9.17) is 4.74 Å². The fourth-order valence-corrected chi connectivity index (χ4v) is 5.71. The van der Waals surface area contributed by atoms with Gasteiger partial charge in [-0.05, 0) is 23.6 Å². The Balaban J connectivity index is 1.46. The van der Waals surface area contributed by atoms with Gasteiger partial charge in [-0.3, -0.25) is 9.69 Å². The van der Waals surface area contributed by atoms with Crippen LogP contribution in [0.15, 0.2) is 77.7 Å². The highest BCUT2D eigenvalue weighted by molar-refractivity contribution is 7.89. The van der Waals surface area contributed by atoms with E-state index in [1.807, 2.05) is 65.6 Å². The fourth-order valence-electron chi connectivity index (χ4n) is 4.07.